The number of carbonyl (C=O) groups is 2. The van der Waals surface area contributed by atoms with E-state index < -0.39 is 18.2 Å². The van der Waals surface area contributed by atoms with Gasteiger partial charge in [-0.2, -0.15) is 0 Å². The highest BCUT2D eigenvalue weighted by molar-refractivity contribution is 6.07. The van der Waals surface area contributed by atoms with Gasteiger partial charge in [-0.1, -0.05) is 79.7 Å². The number of anilines is 1. The number of amides is 2. The zero-order chi connectivity index (χ0) is 33.8. The fourth-order valence-corrected chi connectivity index (χ4v) is 7.58. The molecular weight excluding hydrogens is 614 g/mol. The molecule has 8 nitrogen and oxygen atoms in total. The summed E-state index contributed by atoms with van der Waals surface area (Å²) in [5.74, 6) is 0.803. The third-order valence-corrected chi connectivity index (χ3v) is 10.3. The number of nitrogens with zero attached hydrogens (tertiary/aromatic N) is 1. The molecule has 2 aliphatic heterocycles. The van der Waals surface area contributed by atoms with Gasteiger partial charge in [-0.15, -0.1) is 0 Å². The number of fused-ring (bicyclic) bond motifs is 2. The van der Waals surface area contributed by atoms with Gasteiger partial charge in [0.05, 0.1) is 24.4 Å². The first-order valence-electron chi connectivity index (χ1n) is 17.6. The number of aryl methyl sites for hydroxylation is 1. The molecule has 0 radical (unpaired) electrons. The molecule has 0 unspecified atom stereocenters. The molecule has 1 aliphatic carbocycles. The van der Waals surface area contributed by atoms with E-state index >= 15 is 0 Å². The van der Waals surface area contributed by atoms with E-state index in [2.05, 4.69) is 35.8 Å². The minimum Gasteiger partial charge on any atom is -0.487 e. The average molecular weight is 660 g/mol. The van der Waals surface area contributed by atoms with Gasteiger partial charge in [0, 0.05) is 30.1 Å². The van der Waals surface area contributed by atoms with Crippen molar-refractivity contribution in [3.63, 3.8) is 0 Å². The summed E-state index contributed by atoms with van der Waals surface area (Å²) < 4.78 is 12.8. The smallest absolute Gasteiger partial charge is 0.263 e. The lowest BCUT2D eigenvalue weighted by Crippen LogP contribution is -2.56. The predicted octanol–water partition coefficient (Wildman–Crippen LogP) is 6.17. The van der Waals surface area contributed by atoms with Gasteiger partial charge in [-0.25, -0.2) is 0 Å². The largest absolute Gasteiger partial charge is 0.487 e. The van der Waals surface area contributed by atoms with Crippen LogP contribution in [0.5, 0.6) is 11.5 Å². The molecule has 49 heavy (non-hydrogen) atoms. The lowest BCUT2D eigenvalue weighted by molar-refractivity contribution is -0.129. The van der Waals surface area contributed by atoms with Crippen molar-refractivity contribution in [1.29, 1.82) is 0 Å². The number of hydrogen-bond donors (Lipinski definition) is 3. The number of ether oxygens (including phenoxy) is 2. The van der Waals surface area contributed by atoms with E-state index in [-0.39, 0.29) is 36.5 Å². The molecule has 1 spiro atoms. The predicted molar refractivity (Wildman–Crippen MR) is 190 cm³/mol. The van der Waals surface area contributed by atoms with E-state index in [4.69, 9.17) is 9.47 Å². The highest BCUT2D eigenvalue weighted by Gasteiger charge is 2.43. The Balaban J connectivity index is 1.10. The van der Waals surface area contributed by atoms with Crippen LogP contribution in [0.15, 0.2) is 103 Å². The number of aliphatic hydroxyl groups excluding tert-OH is 1. The summed E-state index contributed by atoms with van der Waals surface area (Å²) in [6, 6.07) is 32.1. The Labute approximate surface area is 288 Å². The van der Waals surface area contributed by atoms with Crippen molar-refractivity contribution in [3.05, 3.63) is 125 Å². The average Bonchev–Trinajstić information content (AvgIpc) is 3.60. The summed E-state index contributed by atoms with van der Waals surface area (Å²) in [6.45, 7) is 2.48. The Morgan fingerprint density at radius 3 is 2.37 bits per heavy atom. The normalized spacial score (nSPS) is 20.3. The molecular formula is C41H45N3O5. The molecule has 3 N–H and O–H groups in total. The fraction of sp³-hybridized carbons (Fsp3) is 0.366. The fourth-order valence-electron chi connectivity index (χ4n) is 7.58. The number of carbonyl (C=O) groups excluding carboxylic acids is 2. The molecule has 4 aromatic rings. The maximum absolute atomic E-state index is 14.0. The van der Waals surface area contributed by atoms with Crippen molar-refractivity contribution >= 4 is 17.5 Å². The second-order valence-electron chi connectivity index (χ2n) is 13.6. The Hall–Kier alpha value is -4.66. The standard InChI is InChI=1S/C41H45N3O5/c1-2-28-19-20-36-31(23-28)33(25-41(49-36)21-11-12-22-41)42-26-35(45)32(24-29-13-5-3-6-14-29)43-39(46)38-27-44(34-17-9-10-18-37(34)48-38)40(47)30-15-7-4-8-16-30/h3-10,13-20,23,32-33,35,38,42,45H,2,11-12,21-22,24-27H2,1H3,(H,43,46)/t32-,33-,35+,38-/m0/s1. The molecule has 0 saturated heterocycles. The van der Waals surface area contributed by atoms with Crippen LogP contribution in [0.25, 0.3) is 0 Å². The quantitative estimate of drug-likeness (QED) is 0.188. The van der Waals surface area contributed by atoms with Crippen molar-refractivity contribution in [3.8, 4) is 11.5 Å². The van der Waals surface area contributed by atoms with Crippen molar-refractivity contribution in [1.82, 2.24) is 10.6 Å². The van der Waals surface area contributed by atoms with Crippen molar-refractivity contribution in [2.75, 3.05) is 18.0 Å². The lowest BCUT2D eigenvalue weighted by Gasteiger charge is -2.41. The van der Waals surface area contributed by atoms with Gasteiger partial charge >= 0.3 is 0 Å². The Morgan fingerprint density at radius 2 is 1.61 bits per heavy atom. The molecule has 8 heteroatoms. The second kappa shape index (κ2) is 14.4. The second-order valence-corrected chi connectivity index (χ2v) is 13.6. The molecule has 7 rings (SSSR count). The van der Waals surface area contributed by atoms with Crippen LogP contribution >= 0.6 is 0 Å². The summed E-state index contributed by atoms with van der Waals surface area (Å²) in [6.07, 6.45) is 4.72. The molecule has 1 fully saturated rings. The van der Waals surface area contributed by atoms with E-state index in [1.54, 1.807) is 23.1 Å². The number of hydrogen-bond acceptors (Lipinski definition) is 6. The minimum absolute atomic E-state index is 0.0202. The molecule has 4 aromatic carbocycles. The number of nitrogens with one attached hydrogen (secondary N) is 2. The van der Waals surface area contributed by atoms with E-state index in [1.165, 1.54) is 5.56 Å². The summed E-state index contributed by atoms with van der Waals surface area (Å²) in [7, 11) is 0. The maximum atomic E-state index is 14.0. The van der Waals surface area contributed by atoms with Crippen LogP contribution in [-0.4, -0.2) is 53.9 Å². The van der Waals surface area contributed by atoms with Gasteiger partial charge in [-0.3, -0.25) is 9.59 Å². The summed E-state index contributed by atoms with van der Waals surface area (Å²) in [5, 5.41) is 18.6. The number of benzene rings is 4. The summed E-state index contributed by atoms with van der Waals surface area (Å²) in [5.41, 5.74) is 4.34. The molecule has 3 aliphatic rings. The van der Waals surface area contributed by atoms with Crippen LogP contribution < -0.4 is 25.0 Å². The van der Waals surface area contributed by atoms with Crippen LogP contribution in [0.2, 0.25) is 0 Å². The van der Waals surface area contributed by atoms with Crippen LogP contribution in [0, 0.1) is 0 Å². The Morgan fingerprint density at radius 1 is 0.898 bits per heavy atom. The van der Waals surface area contributed by atoms with E-state index in [0.29, 0.717) is 23.4 Å². The highest BCUT2D eigenvalue weighted by atomic mass is 16.5. The van der Waals surface area contributed by atoms with Gasteiger partial charge in [-0.05, 0) is 80.0 Å². The van der Waals surface area contributed by atoms with Gasteiger partial charge < -0.3 is 30.1 Å². The van der Waals surface area contributed by atoms with Crippen LogP contribution in [0.4, 0.5) is 5.69 Å². The third-order valence-electron chi connectivity index (χ3n) is 10.3. The van der Waals surface area contributed by atoms with Gasteiger partial charge in [0.15, 0.2) is 6.10 Å². The number of aliphatic hydroxyl groups is 1. The molecule has 254 valence electrons. The van der Waals surface area contributed by atoms with Crippen molar-refractivity contribution in [2.24, 2.45) is 0 Å². The Kier molecular flexibility index (Phi) is 9.69. The van der Waals surface area contributed by atoms with E-state index in [1.807, 2.05) is 66.7 Å². The van der Waals surface area contributed by atoms with E-state index in [9.17, 15) is 14.7 Å². The van der Waals surface area contributed by atoms with Gasteiger partial charge in [0.1, 0.15) is 17.1 Å². The first-order valence-corrected chi connectivity index (χ1v) is 17.6. The van der Waals surface area contributed by atoms with Crippen LogP contribution in [0.1, 0.15) is 72.1 Å². The van der Waals surface area contributed by atoms with Gasteiger partial charge in [0.25, 0.3) is 11.8 Å². The Bertz CT molecular complexity index is 1760. The first-order chi connectivity index (χ1) is 23.9. The first kappa shape index (κ1) is 32.9. The minimum atomic E-state index is -0.960. The van der Waals surface area contributed by atoms with E-state index in [0.717, 1.165) is 55.4 Å². The van der Waals surface area contributed by atoms with Gasteiger partial charge in [0.2, 0.25) is 0 Å². The zero-order valence-corrected chi connectivity index (χ0v) is 28.0. The lowest BCUT2D eigenvalue weighted by atomic mass is 9.85. The summed E-state index contributed by atoms with van der Waals surface area (Å²) >= 11 is 0. The monoisotopic (exact) mass is 659 g/mol. The highest BCUT2D eigenvalue weighted by Crippen LogP contribution is 2.47. The van der Waals surface area contributed by atoms with Crippen molar-refractivity contribution in [2.45, 2.75) is 81.8 Å². The van der Waals surface area contributed by atoms with Crippen LogP contribution in [0.3, 0.4) is 0 Å². The topological polar surface area (TPSA) is 100 Å². The molecule has 2 amide bonds. The number of rotatable bonds is 10. The zero-order valence-electron chi connectivity index (χ0n) is 28.0. The molecule has 1 saturated carbocycles. The maximum Gasteiger partial charge on any atom is 0.263 e. The third kappa shape index (κ3) is 7.21. The molecule has 4 atom stereocenters. The molecule has 0 aromatic heterocycles. The number of para-hydroxylation sites is 2. The van der Waals surface area contributed by atoms with Crippen LogP contribution in [-0.2, 0) is 17.6 Å². The molecule has 2 heterocycles. The van der Waals surface area contributed by atoms with Crippen molar-refractivity contribution < 1.29 is 24.2 Å². The summed E-state index contributed by atoms with van der Waals surface area (Å²) in [4.78, 5) is 29.3. The molecule has 0 bridgehead atoms. The SMILES string of the molecule is CCc1ccc2c(c1)[C@@H](NC[C@@H](O)[C@H](Cc1ccccc1)NC(=O)[C@@H]1CN(C(=O)c3ccccc3)c3ccccc3O1)CC1(CCCC1)O2.